The average molecular weight is 418 g/mol. The number of hydrogen-bond donors (Lipinski definition) is 1. The molecule has 0 aliphatic carbocycles. The van der Waals surface area contributed by atoms with Crippen LogP contribution >= 0.6 is 0 Å². The molecule has 0 aromatic heterocycles. The molecule has 1 aliphatic heterocycles. The number of ether oxygens (including phenoxy) is 1. The standard InChI is InChI=1S/C24H19FN2O4/c1-31-21-11-10-15(14-27-23(29)17-7-3-4-8-18(17)24(27)30)12-19(21)22(28)26-13-16-6-2-5-9-20(16)25/h2-12H,13-14H2,1H3,(H,26,28). The van der Waals surface area contributed by atoms with Gasteiger partial charge in [0.2, 0.25) is 0 Å². The van der Waals surface area contributed by atoms with Crippen molar-refractivity contribution in [3.8, 4) is 5.75 Å². The Labute approximate surface area is 178 Å². The Kier molecular flexibility index (Phi) is 5.49. The van der Waals surface area contributed by atoms with Gasteiger partial charge >= 0.3 is 0 Å². The van der Waals surface area contributed by atoms with Crippen LogP contribution in [-0.2, 0) is 13.1 Å². The maximum Gasteiger partial charge on any atom is 0.261 e. The zero-order chi connectivity index (χ0) is 22.0. The summed E-state index contributed by atoms with van der Waals surface area (Å²) in [5.41, 5.74) is 1.91. The normalized spacial score (nSPS) is 12.6. The van der Waals surface area contributed by atoms with E-state index in [1.165, 1.54) is 13.2 Å². The van der Waals surface area contributed by atoms with Crippen LogP contribution in [0.25, 0.3) is 0 Å². The van der Waals surface area contributed by atoms with Crippen LogP contribution < -0.4 is 10.1 Å². The minimum Gasteiger partial charge on any atom is -0.496 e. The zero-order valence-electron chi connectivity index (χ0n) is 16.7. The van der Waals surface area contributed by atoms with Crippen molar-refractivity contribution in [2.45, 2.75) is 13.1 Å². The maximum atomic E-state index is 13.8. The Morgan fingerprint density at radius 3 is 2.26 bits per heavy atom. The van der Waals surface area contributed by atoms with E-state index in [2.05, 4.69) is 5.32 Å². The first-order chi connectivity index (χ1) is 15.0. The summed E-state index contributed by atoms with van der Waals surface area (Å²) in [6.07, 6.45) is 0. The van der Waals surface area contributed by atoms with Gasteiger partial charge in [0, 0.05) is 12.1 Å². The van der Waals surface area contributed by atoms with Gasteiger partial charge in [-0.1, -0.05) is 36.4 Å². The van der Waals surface area contributed by atoms with Crippen molar-refractivity contribution >= 4 is 17.7 Å². The molecular weight excluding hydrogens is 399 g/mol. The van der Waals surface area contributed by atoms with Crippen molar-refractivity contribution in [1.82, 2.24) is 10.2 Å². The van der Waals surface area contributed by atoms with E-state index in [4.69, 9.17) is 4.74 Å². The molecule has 1 N–H and O–H groups in total. The molecule has 0 radical (unpaired) electrons. The van der Waals surface area contributed by atoms with E-state index in [1.807, 2.05) is 0 Å². The molecular formula is C24H19FN2O4. The van der Waals surface area contributed by atoms with Gasteiger partial charge in [-0.25, -0.2) is 4.39 Å². The molecule has 0 bridgehead atoms. The summed E-state index contributed by atoms with van der Waals surface area (Å²) in [5, 5.41) is 2.68. The highest BCUT2D eigenvalue weighted by Crippen LogP contribution is 2.26. The number of nitrogens with one attached hydrogen (secondary N) is 1. The second kappa shape index (κ2) is 8.39. The van der Waals surface area contributed by atoms with Crippen molar-refractivity contribution in [2.75, 3.05) is 7.11 Å². The van der Waals surface area contributed by atoms with Crippen LogP contribution in [0, 0.1) is 5.82 Å². The molecule has 7 heteroatoms. The SMILES string of the molecule is COc1ccc(CN2C(=O)c3ccccc3C2=O)cc1C(=O)NCc1ccccc1F. The highest BCUT2D eigenvalue weighted by Gasteiger charge is 2.35. The summed E-state index contributed by atoms with van der Waals surface area (Å²) in [6, 6.07) is 17.7. The Bertz CT molecular complexity index is 1160. The fourth-order valence-corrected chi connectivity index (χ4v) is 3.51. The van der Waals surface area contributed by atoms with Gasteiger partial charge in [-0.05, 0) is 35.9 Å². The third kappa shape index (κ3) is 3.90. The molecule has 0 saturated carbocycles. The largest absolute Gasteiger partial charge is 0.496 e. The number of nitrogens with zero attached hydrogens (tertiary/aromatic N) is 1. The second-order valence-corrected chi connectivity index (χ2v) is 7.05. The van der Waals surface area contributed by atoms with Gasteiger partial charge in [-0.15, -0.1) is 0 Å². The predicted molar refractivity (Wildman–Crippen MR) is 111 cm³/mol. The zero-order valence-corrected chi connectivity index (χ0v) is 16.7. The first-order valence-corrected chi connectivity index (χ1v) is 9.63. The molecule has 0 fully saturated rings. The number of carbonyl (C=O) groups excluding carboxylic acids is 3. The summed E-state index contributed by atoms with van der Waals surface area (Å²) >= 11 is 0. The number of methoxy groups -OCH3 is 1. The molecule has 0 atom stereocenters. The first-order valence-electron chi connectivity index (χ1n) is 9.63. The number of rotatable bonds is 6. The second-order valence-electron chi connectivity index (χ2n) is 7.05. The van der Waals surface area contributed by atoms with Gasteiger partial charge in [0.25, 0.3) is 17.7 Å². The monoisotopic (exact) mass is 418 g/mol. The molecule has 6 nitrogen and oxygen atoms in total. The molecule has 0 unspecified atom stereocenters. The lowest BCUT2D eigenvalue weighted by Gasteiger charge is -2.16. The van der Waals surface area contributed by atoms with E-state index >= 15 is 0 Å². The summed E-state index contributed by atoms with van der Waals surface area (Å²) in [4.78, 5) is 39.1. The van der Waals surface area contributed by atoms with Crippen LogP contribution in [0.2, 0.25) is 0 Å². The van der Waals surface area contributed by atoms with Gasteiger partial charge < -0.3 is 10.1 Å². The van der Waals surface area contributed by atoms with Crippen LogP contribution in [0.4, 0.5) is 4.39 Å². The summed E-state index contributed by atoms with van der Waals surface area (Å²) in [6.45, 7) is 0.0290. The third-order valence-electron chi connectivity index (χ3n) is 5.12. The summed E-state index contributed by atoms with van der Waals surface area (Å²) in [7, 11) is 1.44. The summed E-state index contributed by atoms with van der Waals surface area (Å²) in [5.74, 6) is -1.28. The molecule has 0 saturated heterocycles. The topological polar surface area (TPSA) is 75.7 Å². The molecule has 3 amide bonds. The lowest BCUT2D eigenvalue weighted by molar-refractivity contribution is 0.0642. The van der Waals surface area contributed by atoms with E-state index in [0.717, 1.165) is 4.90 Å². The van der Waals surface area contributed by atoms with E-state index in [9.17, 15) is 18.8 Å². The quantitative estimate of drug-likeness (QED) is 0.621. The lowest BCUT2D eigenvalue weighted by atomic mass is 10.1. The van der Waals surface area contributed by atoms with E-state index in [-0.39, 0.29) is 30.5 Å². The van der Waals surface area contributed by atoms with E-state index < -0.39 is 11.7 Å². The summed E-state index contributed by atoms with van der Waals surface area (Å²) < 4.78 is 19.1. The highest BCUT2D eigenvalue weighted by molar-refractivity contribution is 6.21. The predicted octanol–water partition coefficient (Wildman–Crippen LogP) is 3.56. The smallest absolute Gasteiger partial charge is 0.261 e. The number of amides is 3. The van der Waals surface area contributed by atoms with Gasteiger partial charge in [0.15, 0.2) is 0 Å². The molecule has 1 heterocycles. The molecule has 1 aliphatic rings. The fraction of sp³-hybridized carbons (Fsp3) is 0.125. The van der Waals surface area contributed by atoms with E-state index in [1.54, 1.807) is 60.7 Å². The number of hydrogen-bond acceptors (Lipinski definition) is 4. The molecule has 3 aromatic carbocycles. The van der Waals surface area contributed by atoms with Crippen molar-refractivity contribution < 1.29 is 23.5 Å². The Morgan fingerprint density at radius 2 is 1.61 bits per heavy atom. The first kappa shape index (κ1) is 20.3. The number of carbonyl (C=O) groups is 3. The van der Waals surface area contributed by atoms with Gasteiger partial charge in [0.1, 0.15) is 11.6 Å². The van der Waals surface area contributed by atoms with Crippen LogP contribution in [0.1, 0.15) is 42.2 Å². The minimum absolute atomic E-state index is 0.0112. The number of halogens is 1. The van der Waals surface area contributed by atoms with Crippen LogP contribution in [0.5, 0.6) is 5.75 Å². The fourth-order valence-electron chi connectivity index (χ4n) is 3.51. The van der Waals surface area contributed by atoms with Crippen molar-refractivity contribution in [3.63, 3.8) is 0 Å². The number of benzene rings is 3. The van der Waals surface area contributed by atoms with Crippen LogP contribution in [-0.4, -0.2) is 29.7 Å². The molecule has 31 heavy (non-hydrogen) atoms. The Morgan fingerprint density at radius 1 is 0.968 bits per heavy atom. The lowest BCUT2D eigenvalue weighted by Crippen LogP contribution is -2.29. The van der Waals surface area contributed by atoms with Gasteiger partial charge in [-0.3, -0.25) is 19.3 Å². The number of fused-ring (bicyclic) bond motifs is 1. The molecule has 0 spiro atoms. The minimum atomic E-state index is -0.454. The van der Waals surface area contributed by atoms with Gasteiger partial charge in [-0.2, -0.15) is 0 Å². The Balaban J connectivity index is 1.54. The number of imide groups is 1. The molecule has 156 valence electrons. The molecule has 4 rings (SSSR count). The van der Waals surface area contributed by atoms with Crippen molar-refractivity contribution in [3.05, 3.63) is 100 Å². The van der Waals surface area contributed by atoms with Gasteiger partial charge in [0.05, 0.1) is 30.3 Å². The Hall–Kier alpha value is -4.00. The van der Waals surface area contributed by atoms with Crippen molar-refractivity contribution in [2.24, 2.45) is 0 Å². The van der Waals surface area contributed by atoms with Crippen LogP contribution in [0.15, 0.2) is 66.7 Å². The van der Waals surface area contributed by atoms with Crippen LogP contribution in [0.3, 0.4) is 0 Å². The highest BCUT2D eigenvalue weighted by atomic mass is 19.1. The average Bonchev–Trinajstić information content (AvgIpc) is 3.03. The van der Waals surface area contributed by atoms with E-state index in [0.29, 0.717) is 28.0 Å². The third-order valence-corrected chi connectivity index (χ3v) is 5.12. The molecule has 3 aromatic rings. The maximum absolute atomic E-state index is 13.8. The van der Waals surface area contributed by atoms with Crippen molar-refractivity contribution in [1.29, 1.82) is 0 Å².